The zero-order chi connectivity index (χ0) is 32.5. The Morgan fingerprint density at radius 3 is 2.41 bits per heavy atom. The van der Waals surface area contributed by atoms with Crippen LogP contribution in [0.1, 0.15) is 42.4 Å². The second kappa shape index (κ2) is 13.0. The molecule has 240 valence electrons. The van der Waals surface area contributed by atoms with E-state index in [1.807, 2.05) is 12.1 Å². The lowest BCUT2D eigenvalue weighted by atomic mass is 9.95. The van der Waals surface area contributed by atoms with Gasteiger partial charge in [-0.3, -0.25) is 9.36 Å². The molecule has 0 spiro atoms. The molecule has 2 aliphatic heterocycles. The number of aryl methyl sites for hydroxylation is 1. The maximum atomic E-state index is 14.2. The number of allylic oxidation sites excluding steroid dienone is 1. The molecule has 0 unspecified atom stereocenters. The van der Waals surface area contributed by atoms with Crippen LogP contribution >= 0.6 is 11.3 Å². The molecule has 0 N–H and O–H groups in total. The molecular formula is C35H38N4O6S. The summed E-state index contributed by atoms with van der Waals surface area (Å²) in [7, 11) is 3.12. The molecule has 2 aromatic carbocycles. The summed E-state index contributed by atoms with van der Waals surface area (Å²) in [6, 6.07) is 15.2. The molecular weight excluding hydrogens is 604 g/mol. The summed E-state index contributed by atoms with van der Waals surface area (Å²) < 4.78 is 26.3. The minimum atomic E-state index is -0.796. The Hall–Kier alpha value is -4.61. The molecule has 0 bridgehead atoms. The average Bonchev–Trinajstić information content (AvgIpc) is 3.53. The highest BCUT2D eigenvalue weighted by Gasteiger charge is 2.35. The van der Waals surface area contributed by atoms with Gasteiger partial charge in [-0.1, -0.05) is 11.3 Å². The Balaban J connectivity index is 1.44. The van der Waals surface area contributed by atoms with Gasteiger partial charge in [-0.15, -0.1) is 0 Å². The fourth-order valence-corrected chi connectivity index (χ4v) is 7.27. The topological polar surface area (TPSA) is 96.5 Å². The van der Waals surface area contributed by atoms with Crippen molar-refractivity contribution >= 4 is 29.1 Å². The second-order valence-corrected chi connectivity index (χ2v) is 12.2. The number of aromatic nitrogens is 2. The number of thiazole rings is 1. The highest BCUT2D eigenvalue weighted by Crippen LogP contribution is 2.37. The Bertz CT molecular complexity index is 2000. The third-order valence-corrected chi connectivity index (χ3v) is 9.48. The Kier molecular flexibility index (Phi) is 8.88. The number of nitrogens with zero attached hydrogens (tertiary/aromatic N) is 4. The van der Waals surface area contributed by atoms with Crippen LogP contribution < -0.4 is 29.3 Å². The van der Waals surface area contributed by atoms with E-state index in [1.165, 1.54) is 17.0 Å². The van der Waals surface area contributed by atoms with Gasteiger partial charge in [-0.05, 0) is 81.8 Å². The lowest BCUT2D eigenvalue weighted by Crippen LogP contribution is -2.40. The van der Waals surface area contributed by atoms with Crippen molar-refractivity contribution in [3.8, 4) is 17.2 Å². The van der Waals surface area contributed by atoms with Gasteiger partial charge in [0.25, 0.3) is 5.56 Å². The third kappa shape index (κ3) is 5.65. The fourth-order valence-electron chi connectivity index (χ4n) is 6.24. The van der Waals surface area contributed by atoms with Crippen LogP contribution in [0.2, 0.25) is 0 Å². The quantitative estimate of drug-likeness (QED) is 0.268. The zero-order valence-electron chi connectivity index (χ0n) is 27.0. The summed E-state index contributed by atoms with van der Waals surface area (Å²) in [5.41, 5.74) is 6.39. The van der Waals surface area contributed by atoms with Crippen molar-refractivity contribution in [1.82, 2.24) is 9.13 Å². The normalized spacial score (nSPS) is 16.7. The van der Waals surface area contributed by atoms with Crippen molar-refractivity contribution < 1.29 is 23.7 Å². The van der Waals surface area contributed by atoms with E-state index in [9.17, 15) is 9.59 Å². The van der Waals surface area contributed by atoms with Crippen LogP contribution in [0.5, 0.6) is 11.5 Å². The van der Waals surface area contributed by atoms with Crippen molar-refractivity contribution in [2.24, 2.45) is 4.99 Å². The summed E-state index contributed by atoms with van der Waals surface area (Å²) >= 11 is 1.30. The van der Waals surface area contributed by atoms with Crippen LogP contribution in [-0.2, 0) is 14.3 Å². The molecule has 1 atom stereocenters. The van der Waals surface area contributed by atoms with Gasteiger partial charge in [-0.25, -0.2) is 9.79 Å². The van der Waals surface area contributed by atoms with Crippen LogP contribution in [0.4, 0.5) is 5.69 Å². The smallest absolute Gasteiger partial charge is 0.338 e. The second-order valence-electron chi connectivity index (χ2n) is 11.2. The van der Waals surface area contributed by atoms with E-state index in [0.717, 1.165) is 48.9 Å². The zero-order valence-corrected chi connectivity index (χ0v) is 27.8. The average molecular weight is 643 g/mol. The number of rotatable bonds is 8. The van der Waals surface area contributed by atoms with Gasteiger partial charge >= 0.3 is 5.97 Å². The number of carbonyl (C=O) groups excluding carboxylic acids is 1. The standard InChI is InChI=1S/C35H38N4O6S/c1-7-45-34(41)31-22(3)36-35-39(32(31)28-13-12-27(42-5)20-29(28)43-6)33(40)30(46-35)19-24-18-21(2)38(23(24)4)26-10-8-25(9-11-26)37-14-16-44-17-15-37/h8-13,18-20,32H,7,14-17H2,1-6H3/b30-19-/t32-/m1/s1. The predicted octanol–water partition coefficient (Wildman–Crippen LogP) is 4.06. The van der Waals surface area contributed by atoms with Crippen molar-refractivity contribution in [1.29, 1.82) is 0 Å². The van der Waals surface area contributed by atoms with Gasteiger partial charge < -0.3 is 28.4 Å². The summed E-state index contributed by atoms with van der Waals surface area (Å²) in [5.74, 6) is 0.556. The van der Waals surface area contributed by atoms with Crippen molar-refractivity contribution in [3.05, 3.63) is 102 Å². The highest BCUT2D eigenvalue weighted by molar-refractivity contribution is 7.07. The first kappa shape index (κ1) is 31.4. The van der Waals surface area contributed by atoms with Crippen LogP contribution in [0, 0.1) is 13.8 Å². The number of morpholine rings is 1. The van der Waals surface area contributed by atoms with Crippen LogP contribution in [-0.4, -0.2) is 62.2 Å². The summed E-state index contributed by atoms with van der Waals surface area (Å²) in [6.45, 7) is 11.1. The van der Waals surface area contributed by atoms with Crippen LogP contribution in [0.3, 0.4) is 0 Å². The van der Waals surface area contributed by atoms with E-state index < -0.39 is 12.0 Å². The molecule has 4 aromatic rings. The van der Waals surface area contributed by atoms with E-state index in [1.54, 1.807) is 44.8 Å². The molecule has 2 aromatic heterocycles. The first-order valence-corrected chi connectivity index (χ1v) is 16.1. The van der Waals surface area contributed by atoms with E-state index in [4.69, 9.17) is 23.9 Å². The minimum absolute atomic E-state index is 0.193. The number of hydrogen-bond acceptors (Lipinski definition) is 9. The lowest BCUT2D eigenvalue weighted by Gasteiger charge is -2.29. The van der Waals surface area contributed by atoms with Gasteiger partial charge in [0.1, 0.15) is 17.5 Å². The summed E-state index contributed by atoms with van der Waals surface area (Å²) in [5, 5.41) is 0. The van der Waals surface area contributed by atoms with Gasteiger partial charge in [0.15, 0.2) is 4.80 Å². The molecule has 4 heterocycles. The summed E-state index contributed by atoms with van der Waals surface area (Å²) in [6.07, 6.45) is 1.91. The van der Waals surface area contributed by atoms with E-state index in [0.29, 0.717) is 37.7 Å². The number of hydrogen-bond donors (Lipinski definition) is 0. The van der Waals surface area contributed by atoms with Gasteiger partial charge in [-0.2, -0.15) is 0 Å². The maximum Gasteiger partial charge on any atom is 0.338 e. The van der Waals surface area contributed by atoms with Crippen molar-refractivity contribution in [3.63, 3.8) is 0 Å². The molecule has 0 saturated carbocycles. The number of esters is 1. The number of fused-ring (bicyclic) bond motifs is 1. The Morgan fingerprint density at radius 1 is 1.02 bits per heavy atom. The first-order chi connectivity index (χ1) is 22.2. The first-order valence-electron chi connectivity index (χ1n) is 15.3. The molecule has 6 rings (SSSR count). The molecule has 0 aliphatic carbocycles. The van der Waals surface area contributed by atoms with E-state index in [2.05, 4.69) is 53.6 Å². The SMILES string of the molecule is CCOC(=O)C1=C(C)N=c2s/c(=C\c3cc(C)n(-c4ccc(N5CCOCC5)cc4)c3C)c(=O)n2[C@@H]1c1ccc(OC)cc1OC. The number of anilines is 1. The largest absolute Gasteiger partial charge is 0.497 e. The van der Waals surface area contributed by atoms with Crippen molar-refractivity contribution in [2.75, 3.05) is 52.0 Å². The number of benzene rings is 2. The lowest BCUT2D eigenvalue weighted by molar-refractivity contribution is -0.139. The highest BCUT2D eigenvalue weighted by atomic mass is 32.1. The van der Waals surface area contributed by atoms with Crippen LogP contribution in [0.25, 0.3) is 11.8 Å². The molecule has 46 heavy (non-hydrogen) atoms. The molecule has 0 amide bonds. The van der Waals surface area contributed by atoms with E-state index in [-0.39, 0.29) is 12.2 Å². The van der Waals surface area contributed by atoms with Gasteiger partial charge in [0, 0.05) is 47.5 Å². The van der Waals surface area contributed by atoms with E-state index >= 15 is 0 Å². The Labute approximate surface area is 271 Å². The van der Waals surface area contributed by atoms with Gasteiger partial charge in [0.2, 0.25) is 0 Å². The molecule has 1 saturated heterocycles. The fraction of sp³-hybridized carbons (Fsp3) is 0.343. The molecule has 2 aliphatic rings. The molecule has 0 radical (unpaired) electrons. The molecule has 11 heteroatoms. The predicted molar refractivity (Wildman–Crippen MR) is 178 cm³/mol. The minimum Gasteiger partial charge on any atom is -0.497 e. The maximum absolute atomic E-state index is 14.2. The third-order valence-electron chi connectivity index (χ3n) is 8.49. The molecule has 10 nitrogen and oxygen atoms in total. The van der Waals surface area contributed by atoms with Crippen LogP contribution in [0.15, 0.2) is 69.6 Å². The number of carbonyl (C=O) groups is 1. The summed E-state index contributed by atoms with van der Waals surface area (Å²) in [4.78, 5) is 35.1. The molecule has 1 fully saturated rings. The van der Waals surface area contributed by atoms with Crippen molar-refractivity contribution in [2.45, 2.75) is 33.7 Å². The number of methoxy groups -OCH3 is 2. The monoisotopic (exact) mass is 642 g/mol. The Morgan fingerprint density at radius 2 is 1.74 bits per heavy atom. The van der Waals surface area contributed by atoms with Gasteiger partial charge in [0.05, 0.1) is 49.8 Å². The number of ether oxygens (including phenoxy) is 4.